The first-order valence-electron chi connectivity index (χ1n) is 7.95. The van der Waals surface area contributed by atoms with Gasteiger partial charge in [-0.05, 0) is 19.3 Å². The third kappa shape index (κ3) is 4.68. The first-order chi connectivity index (χ1) is 11.9. The number of alkyl halides is 3. The predicted molar refractivity (Wildman–Crippen MR) is 89.3 cm³/mol. The van der Waals surface area contributed by atoms with E-state index in [4.69, 9.17) is 0 Å². The highest BCUT2D eigenvalue weighted by molar-refractivity contribution is 7.10. The van der Waals surface area contributed by atoms with Crippen molar-refractivity contribution in [1.82, 2.24) is 14.7 Å². The minimum atomic E-state index is -4.21. The molecule has 0 radical (unpaired) electrons. The molecular formula is C16H17F3N4OS. The monoisotopic (exact) mass is 370 g/mol. The van der Waals surface area contributed by atoms with E-state index < -0.39 is 24.2 Å². The molecule has 1 aliphatic rings. The summed E-state index contributed by atoms with van der Waals surface area (Å²) in [6.45, 7) is 0. The van der Waals surface area contributed by atoms with Crippen LogP contribution in [0.25, 0.3) is 11.4 Å². The summed E-state index contributed by atoms with van der Waals surface area (Å²) in [5.74, 6) is -0.853. The largest absolute Gasteiger partial charge is 0.391 e. The van der Waals surface area contributed by atoms with Crippen LogP contribution < -0.4 is 10.6 Å². The normalized spacial score (nSPS) is 20.9. The van der Waals surface area contributed by atoms with Crippen LogP contribution in [0.4, 0.5) is 23.1 Å². The van der Waals surface area contributed by atoms with Crippen molar-refractivity contribution in [3.8, 4) is 11.4 Å². The van der Waals surface area contributed by atoms with E-state index in [9.17, 15) is 18.0 Å². The Kier molecular flexibility index (Phi) is 5.22. The molecule has 1 fully saturated rings. The minimum Gasteiger partial charge on any atom is -0.335 e. The van der Waals surface area contributed by atoms with Crippen LogP contribution in [0.1, 0.15) is 25.7 Å². The fourth-order valence-electron chi connectivity index (χ4n) is 2.92. The lowest BCUT2D eigenvalue weighted by Crippen LogP contribution is -2.43. The Hall–Kier alpha value is -2.16. The number of nitrogens with zero attached hydrogens (tertiary/aromatic N) is 2. The average molecular weight is 370 g/mol. The standard InChI is InChI=1S/C16H17F3N4OS/c17-16(18,19)11-7-4-8-12(9-11)20-14(24)22-15-21-13(23-25-15)10-5-2-1-3-6-10/h1-3,5-6,11-12H,4,7-9H2,(H2,20,21,22,23,24)/t11-,12-/m0/s1. The number of benzene rings is 1. The van der Waals surface area contributed by atoms with E-state index in [0.717, 1.165) is 17.1 Å². The highest BCUT2D eigenvalue weighted by Gasteiger charge is 2.42. The van der Waals surface area contributed by atoms with Gasteiger partial charge < -0.3 is 5.32 Å². The van der Waals surface area contributed by atoms with E-state index in [0.29, 0.717) is 23.8 Å². The summed E-state index contributed by atoms with van der Waals surface area (Å²) < 4.78 is 42.6. The summed E-state index contributed by atoms with van der Waals surface area (Å²) in [6, 6.07) is 8.26. The summed E-state index contributed by atoms with van der Waals surface area (Å²) in [4.78, 5) is 16.2. The van der Waals surface area contributed by atoms with Crippen LogP contribution in [0.15, 0.2) is 30.3 Å². The summed E-state index contributed by atoms with van der Waals surface area (Å²) in [7, 11) is 0. The van der Waals surface area contributed by atoms with Crippen molar-refractivity contribution < 1.29 is 18.0 Å². The molecule has 1 heterocycles. The number of urea groups is 1. The highest BCUT2D eigenvalue weighted by Crippen LogP contribution is 2.37. The number of carbonyl (C=O) groups is 1. The Morgan fingerprint density at radius 2 is 1.96 bits per heavy atom. The Morgan fingerprint density at radius 1 is 1.20 bits per heavy atom. The molecule has 0 spiro atoms. The molecule has 3 rings (SSSR count). The van der Waals surface area contributed by atoms with Gasteiger partial charge >= 0.3 is 12.2 Å². The average Bonchev–Trinajstić information content (AvgIpc) is 3.03. The van der Waals surface area contributed by atoms with Gasteiger partial charge in [0, 0.05) is 23.1 Å². The molecule has 0 saturated heterocycles. The number of aromatic nitrogens is 2. The Bertz CT molecular complexity index is 720. The van der Waals surface area contributed by atoms with Crippen molar-refractivity contribution >= 4 is 22.7 Å². The fourth-order valence-corrected chi connectivity index (χ4v) is 3.50. The van der Waals surface area contributed by atoms with Crippen molar-refractivity contribution in [2.45, 2.75) is 37.9 Å². The number of anilines is 1. The van der Waals surface area contributed by atoms with Gasteiger partial charge in [-0.3, -0.25) is 5.32 Å². The third-order valence-electron chi connectivity index (χ3n) is 4.15. The number of hydrogen-bond acceptors (Lipinski definition) is 4. The zero-order valence-corrected chi connectivity index (χ0v) is 14.0. The molecule has 1 aromatic heterocycles. The minimum absolute atomic E-state index is 0.0810. The number of amides is 2. The maximum atomic E-state index is 12.8. The second-order valence-corrected chi connectivity index (χ2v) is 6.74. The van der Waals surface area contributed by atoms with E-state index in [1.165, 1.54) is 0 Å². The van der Waals surface area contributed by atoms with Gasteiger partial charge in [0.1, 0.15) is 0 Å². The molecule has 9 heteroatoms. The number of nitrogens with one attached hydrogen (secondary N) is 2. The summed E-state index contributed by atoms with van der Waals surface area (Å²) >= 11 is 1.03. The molecule has 2 amide bonds. The van der Waals surface area contributed by atoms with E-state index in [2.05, 4.69) is 20.0 Å². The zero-order chi connectivity index (χ0) is 17.9. The van der Waals surface area contributed by atoms with Gasteiger partial charge in [0.05, 0.1) is 5.92 Å². The molecule has 2 N–H and O–H groups in total. The van der Waals surface area contributed by atoms with Gasteiger partial charge in [-0.25, -0.2) is 4.79 Å². The van der Waals surface area contributed by atoms with Gasteiger partial charge in [-0.2, -0.15) is 22.5 Å². The van der Waals surface area contributed by atoms with Gasteiger partial charge in [0.15, 0.2) is 5.82 Å². The predicted octanol–water partition coefficient (Wildman–Crippen LogP) is 4.45. The molecule has 1 aromatic carbocycles. The molecule has 2 aromatic rings. The van der Waals surface area contributed by atoms with Crippen LogP contribution >= 0.6 is 11.5 Å². The van der Waals surface area contributed by atoms with Gasteiger partial charge in [-0.15, -0.1) is 0 Å². The zero-order valence-electron chi connectivity index (χ0n) is 13.2. The van der Waals surface area contributed by atoms with Crippen LogP contribution in [-0.2, 0) is 0 Å². The molecule has 0 unspecified atom stereocenters. The molecular weight excluding hydrogens is 353 g/mol. The van der Waals surface area contributed by atoms with Crippen LogP contribution in [0, 0.1) is 5.92 Å². The summed E-state index contributed by atoms with van der Waals surface area (Å²) in [6.07, 6.45) is -3.17. The highest BCUT2D eigenvalue weighted by atomic mass is 32.1. The lowest BCUT2D eigenvalue weighted by Gasteiger charge is -2.30. The number of carbonyl (C=O) groups excluding carboxylic acids is 1. The van der Waals surface area contributed by atoms with Gasteiger partial charge in [-0.1, -0.05) is 36.8 Å². The molecule has 0 aliphatic heterocycles. The maximum absolute atomic E-state index is 12.8. The van der Waals surface area contributed by atoms with Crippen LogP contribution in [-0.4, -0.2) is 27.6 Å². The van der Waals surface area contributed by atoms with Crippen molar-refractivity contribution in [3.63, 3.8) is 0 Å². The third-order valence-corrected chi connectivity index (χ3v) is 4.78. The maximum Gasteiger partial charge on any atom is 0.391 e. The smallest absolute Gasteiger partial charge is 0.335 e. The number of halogens is 3. The number of rotatable bonds is 3. The molecule has 1 saturated carbocycles. The Morgan fingerprint density at radius 3 is 2.68 bits per heavy atom. The van der Waals surface area contributed by atoms with Crippen LogP contribution in [0.3, 0.4) is 0 Å². The summed E-state index contributed by atoms with van der Waals surface area (Å²) in [5, 5.41) is 5.46. The Balaban J connectivity index is 1.55. The SMILES string of the molecule is O=C(Nc1nc(-c2ccccc2)ns1)N[C@H]1CCC[C@H](C(F)(F)F)C1. The lowest BCUT2D eigenvalue weighted by atomic mass is 9.85. The molecule has 2 atom stereocenters. The van der Waals surface area contributed by atoms with Gasteiger partial charge in [0.25, 0.3) is 0 Å². The lowest BCUT2D eigenvalue weighted by molar-refractivity contribution is -0.183. The fraction of sp³-hybridized carbons (Fsp3) is 0.438. The first kappa shape index (κ1) is 17.7. The first-order valence-corrected chi connectivity index (χ1v) is 8.72. The van der Waals surface area contributed by atoms with E-state index in [1.54, 1.807) is 0 Å². The van der Waals surface area contributed by atoms with Crippen LogP contribution in [0.2, 0.25) is 0 Å². The van der Waals surface area contributed by atoms with Gasteiger partial charge in [0.2, 0.25) is 5.13 Å². The van der Waals surface area contributed by atoms with E-state index in [-0.39, 0.29) is 12.8 Å². The molecule has 134 valence electrons. The quantitative estimate of drug-likeness (QED) is 0.839. The van der Waals surface area contributed by atoms with Crippen molar-refractivity contribution in [2.24, 2.45) is 5.92 Å². The van der Waals surface area contributed by atoms with Crippen LogP contribution in [0.5, 0.6) is 0 Å². The molecule has 25 heavy (non-hydrogen) atoms. The Labute approximate surface area is 146 Å². The molecule has 0 bridgehead atoms. The molecule has 5 nitrogen and oxygen atoms in total. The van der Waals surface area contributed by atoms with E-state index in [1.807, 2.05) is 30.3 Å². The van der Waals surface area contributed by atoms with Crippen molar-refractivity contribution in [3.05, 3.63) is 30.3 Å². The second-order valence-electron chi connectivity index (χ2n) is 5.99. The second kappa shape index (κ2) is 7.38. The van der Waals surface area contributed by atoms with E-state index >= 15 is 0 Å². The summed E-state index contributed by atoms with van der Waals surface area (Å²) in [5.41, 5.74) is 0.826. The molecule has 1 aliphatic carbocycles. The van der Waals surface area contributed by atoms with Crippen molar-refractivity contribution in [2.75, 3.05) is 5.32 Å². The number of hydrogen-bond donors (Lipinski definition) is 2. The van der Waals surface area contributed by atoms with Crippen molar-refractivity contribution in [1.29, 1.82) is 0 Å². The topological polar surface area (TPSA) is 66.9 Å².